The highest BCUT2D eigenvalue weighted by molar-refractivity contribution is 6.06. The van der Waals surface area contributed by atoms with E-state index >= 15 is 0 Å². The summed E-state index contributed by atoms with van der Waals surface area (Å²) in [5, 5.41) is 17.2. The Morgan fingerprint density at radius 2 is 2.00 bits per heavy atom. The van der Waals surface area contributed by atoms with Crippen molar-refractivity contribution < 1.29 is 28.9 Å². The molecule has 2 aliphatic heterocycles. The van der Waals surface area contributed by atoms with Crippen LogP contribution in [-0.2, 0) is 13.6 Å². The van der Waals surface area contributed by atoms with E-state index in [-0.39, 0.29) is 37.2 Å². The number of likely N-dealkylation sites (N-methyl/N-ethyl adjacent to an activating group) is 1. The Bertz CT molecular complexity index is 1440. The van der Waals surface area contributed by atoms with Gasteiger partial charge >= 0.3 is 0 Å². The number of hydrogen-bond donors (Lipinski definition) is 2. The molecule has 5 rings (SSSR count). The van der Waals surface area contributed by atoms with Crippen LogP contribution < -0.4 is 19.5 Å². The summed E-state index contributed by atoms with van der Waals surface area (Å²) in [4.78, 5) is 30.8. The molecule has 11 nitrogen and oxygen atoms in total. The lowest BCUT2D eigenvalue weighted by atomic mass is 9.98. The van der Waals surface area contributed by atoms with Crippen LogP contribution in [0.15, 0.2) is 42.5 Å². The molecule has 2 N–H and O–H groups in total. The van der Waals surface area contributed by atoms with Gasteiger partial charge in [0.2, 0.25) is 6.79 Å². The summed E-state index contributed by atoms with van der Waals surface area (Å²) in [6.07, 6.45) is -0.328. The van der Waals surface area contributed by atoms with E-state index in [9.17, 15) is 14.7 Å². The fraction of sp³-hybridized carbons (Fsp3) is 0.433. The molecule has 2 aliphatic rings. The lowest BCUT2D eigenvalue weighted by molar-refractivity contribution is 0.0343. The van der Waals surface area contributed by atoms with Crippen molar-refractivity contribution in [3.8, 4) is 17.2 Å². The number of anilines is 1. The number of aryl methyl sites for hydroxylation is 2. The molecule has 0 spiro atoms. The van der Waals surface area contributed by atoms with Crippen LogP contribution >= 0.6 is 0 Å². The van der Waals surface area contributed by atoms with Crippen molar-refractivity contribution in [3.05, 3.63) is 65.0 Å². The molecule has 2 aromatic carbocycles. The fourth-order valence-electron chi connectivity index (χ4n) is 5.29. The van der Waals surface area contributed by atoms with Crippen molar-refractivity contribution in [1.82, 2.24) is 19.6 Å². The van der Waals surface area contributed by atoms with Crippen LogP contribution in [0, 0.1) is 12.8 Å². The summed E-state index contributed by atoms with van der Waals surface area (Å²) < 4.78 is 19.1. The number of nitrogens with one attached hydrogen (secondary N) is 1. The first kappa shape index (κ1) is 28.4. The second kappa shape index (κ2) is 11.8. The molecule has 0 fully saturated rings. The van der Waals surface area contributed by atoms with Crippen molar-refractivity contribution in [2.45, 2.75) is 39.5 Å². The molecule has 3 aromatic rings. The molecule has 11 heteroatoms. The van der Waals surface area contributed by atoms with Gasteiger partial charge in [-0.2, -0.15) is 5.10 Å². The van der Waals surface area contributed by atoms with Gasteiger partial charge in [0.25, 0.3) is 11.8 Å². The van der Waals surface area contributed by atoms with E-state index in [1.807, 2.05) is 46.0 Å². The van der Waals surface area contributed by atoms with Gasteiger partial charge in [-0.1, -0.05) is 19.1 Å². The van der Waals surface area contributed by atoms with Crippen molar-refractivity contribution >= 4 is 17.5 Å². The molecule has 1 aromatic heterocycles. The van der Waals surface area contributed by atoms with Gasteiger partial charge in [-0.25, -0.2) is 0 Å². The molecule has 41 heavy (non-hydrogen) atoms. The number of carbonyl (C=O) groups is 2. The molecule has 0 saturated carbocycles. The lowest BCUT2D eigenvalue weighted by Crippen LogP contribution is -2.49. The van der Waals surface area contributed by atoms with Crippen LogP contribution in [0.25, 0.3) is 0 Å². The van der Waals surface area contributed by atoms with E-state index < -0.39 is 6.04 Å². The van der Waals surface area contributed by atoms with Crippen LogP contribution in [0.2, 0.25) is 0 Å². The summed E-state index contributed by atoms with van der Waals surface area (Å²) in [5.41, 5.74) is 2.91. The van der Waals surface area contributed by atoms with Crippen molar-refractivity contribution in [2.24, 2.45) is 13.0 Å². The van der Waals surface area contributed by atoms with Crippen LogP contribution in [-0.4, -0.2) is 82.2 Å². The Morgan fingerprint density at radius 1 is 1.22 bits per heavy atom. The number of benzene rings is 2. The quantitative estimate of drug-likeness (QED) is 0.430. The summed E-state index contributed by atoms with van der Waals surface area (Å²) in [7, 11) is 3.72. The van der Waals surface area contributed by atoms with Gasteiger partial charge in [-0.15, -0.1) is 0 Å². The number of ether oxygens (including phenoxy) is 3. The SMILES string of the molecule is Cc1cc(C(=O)Nc2cccc3c2O[C@@H](CN(C)Cc2ccc4c(c2)OCO4)[C@H](C)CN([C@@H](C)CO)C3=O)n(C)n1. The maximum absolute atomic E-state index is 13.7. The Balaban J connectivity index is 1.44. The third-order valence-corrected chi connectivity index (χ3v) is 7.56. The van der Waals surface area contributed by atoms with E-state index in [0.717, 1.165) is 22.8 Å². The summed E-state index contributed by atoms with van der Waals surface area (Å²) in [6.45, 7) is 7.34. The Hall–Kier alpha value is -4.09. The molecule has 0 bridgehead atoms. The molecular formula is C30H37N5O6. The predicted molar refractivity (Wildman–Crippen MR) is 152 cm³/mol. The zero-order valence-corrected chi connectivity index (χ0v) is 24.1. The fourth-order valence-corrected chi connectivity index (χ4v) is 5.29. The topological polar surface area (TPSA) is 118 Å². The minimum absolute atomic E-state index is 0.0798. The molecule has 0 radical (unpaired) electrons. The van der Waals surface area contributed by atoms with Crippen LogP contribution in [0.4, 0.5) is 5.69 Å². The number of hydrogen-bond acceptors (Lipinski definition) is 8. The molecule has 0 saturated heterocycles. The molecule has 0 unspecified atom stereocenters. The van der Waals surface area contributed by atoms with E-state index in [1.54, 1.807) is 36.2 Å². The van der Waals surface area contributed by atoms with Crippen molar-refractivity contribution in [3.63, 3.8) is 0 Å². The van der Waals surface area contributed by atoms with E-state index in [0.29, 0.717) is 42.3 Å². The molecule has 218 valence electrons. The van der Waals surface area contributed by atoms with Gasteiger partial charge in [0.15, 0.2) is 17.2 Å². The largest absolute Gasteiger partial charge is 0.486 e. The number of aliphatic hydroxyl groups is 1. The monoisotopic (exact) mass is 563 g/mol. The van der Waals surface area contributed by atoms with Gasteiger partial charge < -0.3 is 29.5 Å². The van der Waals surface area contributed by atoms with Gasteiger partial charge in [0, 0.05) is 32.6 Å². The zero-order chi connectivity index (χ0) is 29.3. The predicted octanol–water partition coefficient (Wildman–Crippen LogP) is 3.06. The summed E-state index contributed by atoms with van der Waals surface area (Å²) in [5.74, 6) is 1.09. The third kappa shape index (κ3) is 6.01. The van der Waals surface area contributed by atoms with E-state index in [4.69, 9.17) is 14.2 Å². The maximum Gasteiger partial charge on any atom is 0.274 e. The zero-order valence-electron chi connectivity index (χ0n) is 24.1. The van der Waals surface area contributed by atoms with Gasteiger partial charge in [-0.05, 0) is 56.8 Å². The number of fused-ring (bicyclic) bond motifs is 2. The molecule has 2 amide bonds. The molecule has 0 aliphatic carbocycles. The highest BCUT2D eigenvalue weighted by Gasteiger charge is 2.35. The first-order valence-electron chi connectivity index (χ1n) is 13.7. The summed E-state index contributed by atoms with van der Waals surface area (Å²) >= 11 is 0. The Kier molecular flexibility index (Phi) is 8.18. The number of rotatable bonds is 8. The van der Waals surface area contributed by atoms with Crippen molar-refractivity contribution in [1.29, 1.82) is 0 Å². The van der Waals surface area contributed by atoms with Crippen LogP contribution in [0.5, 0.6) is 17.2 Å². The van der Waals surface area contributed by atoms with E-state index in [1.165, 1.54) is 4.68 Å². The molecule has 3 heterocycles. The Labute approximate surface area is 239 Å². The number of carbonyl (C=O) groups excluding carboxylic acids is 2. The first-order valence-corrected chi connectivity index (χ1v) is 13.7. The minimum atomic E-state index is -0.390. The van der Waals surface area contributed by atoms with E-state index in [2.05, 4.69) is 15.3 Å². The highest BCUT2D eigenvalue weighted by atomic mass is 16.7. The smallest absolute Gasteiger partial charge is 0.274 e. The third-order valence-electron chi connectivity index (χ3n) is 7.56. The highest BCUT2D eigenvalue weighted by Crippen LogP contribution is 2.36. The number of aromatic nitrogens is 2. The van der Waals surface area contributed by atoms with Gasteiger partial charge in [-0.3, -0.25) is 19.2 Å². The number of aliphatic hydroxyl groups excluding tert-OH is 1. The first-order chi connectivity index (χ1) is 19.6. The number of amides is 2. The maximum atomic E-state index is 13.7. The van der Waals surface area contributed by atoms with Crippen LogP contribution in [0.3, 0.4) is 0 Å². The molecular weight excluding hydrogens is 526 g/mol. The second-order valence-electron chi connectivity index (χ2n) is 10.9. The Morgan fingerprint density at radius 3 is 2.73 bits per heavy atom. The summed E-state index contributed by atoms with van der Waals surface area (Å²) in [6, 6.07) is 12.4. The number of nitrogens with zero attached hydrogens (tertiary/aromatic N) is 4. The number of para-hydroxylation sites is 1. The molecule has 3 atom stereocenters. The minimum Gasteiger partial charge on any atom is -0.486 e. The van der Waals surface area contributed by atoms with Gasteiger partial charge in [0.1, 0.15) is 11.8 Å². The van der Waals surface area contributed by atoms with Crippen molar-refractivity contribution in [2.75, 3.05) is 38.9 Å². The van der Waals surface area contributed by atoms with Crippen LogP contribution in [0.1, 0.15) is 46.0 Å². The van der Waals surface area contributed by atoms with Gasteiger partial charge in [0.05, 0.1) is 29.6 Å². The lowest BCUT2D eigenvalue weighted by Gasteiger charge is -2.38. The average Bonchev–Trinajstić information content (AvgIpc) is 3.55. The average molecular weight is 564 g/mol. The normalized spacial score (nSPS) is 18.9. The standard InChI is InChI=1S/C30H37N5O6/c1-18-13-35(20(3)16-36)30(38)22-7-6-8-23(31-29(37)24-11-19(2)32-34(24)5)28(22)41-27(18)15-33(4)14-21-9-10-25-26(12-21)40-17-39-25/h6-12,18,20,27,36H,13-17H2,1-5H3,(H,31,37)/t18-,20+,27+/m1/s1. The second-order valence-corrected chi connectivity index (χ2v) is 10.9.